The van der Waals surface area contributed by atoms with Crippen LogP contribution in [0.2, 0.25) is 0 Å². The van der Waals surface area contributed by atoms with Crippen molar-refractivity contribution >= 4 is 5.91 Å². The molecule has 2 aromatic rings. The van der Waals surface area contributed by atoms with Gasteiger partial charge in [-0.15, -0.1) is 0 Å². The van der Waals surface area contributed by atoms with Crippen molar-refractivity contribution < 1.29 is 9.21 Å². The fourth-order valence-electron chi connectivity index (χ4n) is 2.06. The maximum absolute atomic E-state index is 11.5. The third-order valence-corrected chi connectivity index (χ3v) is 3.39. The van der Waals surface area contributed by atoms with Crippen LogP contribution in [0.4, 0.5) is 0 Å². The van der Waals surface area contributed by atoms with E-state index in [1.54, 1.807) is 0 Å². The minimum Gasteiger partial charge on any atom is -0.461 e. The van der Waals surface area contributed by atoms with Crippen LogP contribution in [0.1, 0.15) is 24.2 Å². The second-order valence-electron chi connectivity index (χ2n) is 5.10. The third kappa shape index (κ3) is 2.87. The molecule has 0 bridgehead atoms. The van der Waals surface area contributed by atoms with Crippen molar-refractivity contribution in [2.75, 3.05) is 0 Å². The topological polar surface area (TPSA) is 42.2 Å². The average molecular weight is 255 g/mol. The molecule has 3 rings (SSSR count). The zero-order chi connectivity index (χ0) is 13.2. The van der Waals surface area contributed by atoms with Gasteiger partial charge < -0.3 is 9.73 Å². The van der Waals surface area contributed by atoms with Crippen molar-refractivity contribution in [3.63, 3.8) is 0 Å². The van der Waals surface area contributed by atoms with Crippen LogP contribution in [-0.2, 0) is 11.3 Å². The van der Waals surface area contributed by atoms with Crippen molar-refractivity contribution in [2.45, 2.75) is 26.3 Å². The number of furan rings is 1. The van der Waals surface area contributed by atoms with Crippen LogP contribution in [-0.4, -0.2) is 5.91 Å². The summed E-state index contributed by atoms with van der Waals surface area (Å²) >= 11 is 0. The van der Waals surface area contributed by atoms with E-state index in [1.807, 2.05) is 43.3 Å². The Bertz CT molecular complexity index is 579. The monoisotopic (exact) mass is 255 g/mol. The largest absolute Gasteiger partial charge is 0.461 e. The number of hydrogen-bond acceptors (Lipinski definition) is 2. The lowest BCUT2D eigenvalue weighted by Crippen LogP contribution is -2.24. The molecule has 19 heavy (non-hydrogen) atoms. The van der Waals surface area contributed by atoms with Crippen LogP contribution < -0.4 is 5.32 Å². The Balaban J connectivity index is 1.63. The Kier molecular flexibility index (Phi) is 3.11. The molecular formula is C16H17NO2. The molecule has 1 N–H and O–H groups in total. The quantitative estimate of drug-likeness (QED) is 0.911. The lowest BCUT2D eigenvalue weighted by atomic mass is 10.1. The van der Waals surface area contributed by atoms with Gasteiger partial charge in [0.1, 0.15) is 11.5 Å². The van der Waals surface area contributed by atoms with Crippen molar-refractivity contribution in [1.29, 1.82) is 0 Å². The van der Waals surface area contributed by atoms with Crippen molar-refractivity contribution in [1.82, 2.24) is 5.32 Å². The maximum Gasteiger partial charge on any atom is 0.223 e. The Morgan fingerprint density at radius 2 is 1.95 bits per heavy atom. The lowest BCUT2D eigenvalue weighted by Gasteiger charge is -2.05. The van der Waals surface area contributed by atoms with E-state index in [0.29, 0.717) is 6.54 Å². The first-order valence-electron chi connectivity index (χ1n) is 6.66. The maximum atomic E-state index is 11.5. The molecule has 0 spiro atoms. The summed E-state index contributed by atoms with van der Waals surface area (Å²) in [7, 11) is 0. The molecule has 98 valence electrons. The molecule has 3 nitrogen and oxygen atoms in total. The minimum absolute atomic E-state index is 0.186. The van der Waals surface area contributed by atoms with Crippen molar-refractivity contribution in [2.24, 2.45) is 5.92 Å². The van der Waals surface area contributed by atoms with Crippen LogP contribution in [0, 0.1) is 12.8 Å². The van der Waals surface area contributed by atoms with E-state index in [1.165, 1.54) is 0 Å². The second-order valence-corrected chi connectivity index (χ2v) is 5.10. The fourth-order valence-corrected chi connectivity index (χ4v) is 2.06. The SMILES string of the molecule is Cc1ccc(-c2ccc(CNC(=O)C3CC3)cc2)o1. The molecule has 1 aliphatic rings. The van der Waals surface area contributed by atoms with E-state index >= 15 is 0 Å². The normalized spacial score (nSPS) is 14.4. The van der Waals surface area contributed by atoms with E-state index < -0.39 is 0 Å². The minimum atomic E-state index is 0.186. The standard InChI is InChI=1S/C16H17NO2/c1-11-2-9-15(19-11)13-5-3-12(4-6-13)10-17-16(18)14-7-8-14/h2-6,9,14H,7-8,10H2,1H3,(H,17,18). The zero-order valence-electron chi connectivity index (χ0n) is 11.0. The van der Waals surface area contributed by atoms with Gasteiger partial charge in [-0.3, -0.25) is 4.79 Å². The van der Waals surface area contributed by atoms with Gasteiger partial charge in [0.05, 0.1) is 0 Å². The first-order chi connectivity index (χ1) is 9.22. The Labute approximate surface area is 112 Å². The Hall–Kier alpha value is -2.03. The number of rotatable bonds is 4. The molecule has 0 atom stereocenters. The summed E-state index contributed by atoms with van der Waals surface area (Å²) in [6.45, 7) is 2.54. The molecule has 3 heteroatoms. The molecule has 1 aromatic carbocycles. The molecule has 1 saturated carbocycles. The average Bonchev–Trinajstić information content (AvgIpc) is 3.19. The van der Waals surface area contributed by atoms with E-state index in [4.69, 9.17) is 4.42 Å². The molecule has 1 aliphatic carbocycles. The first kappa shape index (κ1) is 12.0. The van der Waals surface area contributed by atoms with Crippen LogP contribution in [0.15, 0.2) is 40.8 Å². The van der Waals surface area contributed by atoms with Gasteiger partial charge in [-0.05, 0) is 37.5 Å². The van der Waals surface area contributed by atoms with E-state index in [0.717, 1.165) is 35.5 Å². The molecular weight excluding hydrogens is 238 g/mol. The summed E-state index contributed by atoms with van der Waals surface area (Å²) in [6, 6.07) is 12.0. The van der Waals surface area contributed by atoms with Crippen LogP contribution in [0.3, 0.4) is 0 Å². The number of benzene rings is 1. The van der Waals surface area contributed by atoms with Crippen LogP contribution in [0.25, 0.3) is 11.3 Å². The first-order valence-corrected chi connectivity index (χ1v) is 6.66. The highest BCUT2D eigenvalue weighted by molar-refractivity contribution is 5.80. The highest BCUT2D eigenvalue weighted by atomic mass is 16.3. The molecule has 0 aliphatic heterocycles. The molecule has 0 saturated heterocycles. The number of hydrogen-bond donors (Lipinski definition) is 1. The number of amides is 1. The van der Waals surface area contributed by atoms with Gasteiger partial charge in [0, 0.05) is 18.0 Å². The van der Waals surface area contributed by atoms with E-state index in [-0.39, 0.29) is 11.8 Å². The summed E-state index contributed by atoms with van der Waals surface area (Å²) in [6.07, 6.45) is 2.09. The Morgan fingerprint density at radius 3 is 2.53 bits per heavy atom. The van der Waals surface area contributed by atoms with Crippen LogP contribution >= 0.6 is 0 Å². The van der Waals surface area contributed by atoms with Gasteiger partial charge >= 0.3 is 0 Å². The summed E-state index contributed by atoms with van der Waals surface area (Å²) in [5.74, 6) is 2.25. The van der Waals surface area contributed by atoms with Crippen molar-refractivity contribution in [3.05, 3.63) is 47.7 Å². The molecule has 1 fully saturated rings. The summed E-state index contributed by atoms with van der Waals surface area (Å²) in [4.78, 5) is 11.5. The van der Waals surface area contributed by atoms with Gasteiger partial charge in [0.2, 0.25) is 5.91 Å². The highest BCUT2D eigenvalue weighted by Crippen LogP contribution is 2.28. The smallest absolute Gasteiger partial charge is 0.223 e. The van der Waals surface area contributed by atoms with Gasteiger partial charge in [-0.1, -0.05) is 24.3 Å². The second kappa shape index (κ2) is 4.92. The molecule has 0 unspecified atom stereocenters. The molecule has 0 radical (unpaired) electrons. The predicted molar refractivity (Wildman–Crippen MR) is 73.5 cm³/mol. The number of carbonyl (C=O) groups excluding carboxylic acids is 1. The van der Waals surface area contributed by atoms with Gasteiger partial charge in [-0.25, -0.2) is 0 Å². The third-order valence-electron chi connectivity index (χ3n) is 3.39. The van der Waals surface area contributed by atoms with E-state index in [2.05, 4.69) is 5.32 Å². The fraction of sp³-hybridized carbons (Fsp3) is 0.312. The lowest BCUT2D eigenvalue weighted by molar-refractivity contribution is -0.122. The Morgan fingerprint density at radius 1 is 1.21 bits per heavy atom. The number of carbonyl (C=O) groups is 1. The molecule has 1 amide bonds. The van der Waals surface area contributed by atoms with Gasteiger partial charge in [0.15, 0.2) is 0 Å². The summed E-state index contributed by atoms with van der Waals surface area (Å²) in [5.41, 5.74) is 2.17. The predicted octanol–water partition coefficient (Wildman–Crippen LogP) is 3.28. The van der Waals surface area contributed by atoms with Crippen LogP contribution in [0.5, 0.6) is 0 Å². The van der Waals surface area contributed by atoms with Crippen molar-refractivity contribution in [3.8, 4) is 11.3 Å². The molecule has 1 heterocycles. The van der Waals surface area contributed by atoms with Gasteiger partial charge in [-0.2, -0.15) is 0 Å². The summed E-state index contributed by atoms with van der Waals surface area (Å²) < 4.78 is 5.58. The number of aryl methyl sites for hydroxylation is 1. The van der Waals surface area contributed by atoms with E-state index in [9.17, 15) is 4.79 Å². The number of nitrogens with one attached hydrogen (secondary N) is 1. The summed E-state index contributed by atoms with van der Waals surface area (Å²) in [5, 5.41) is 2.96. The highest BCUT2D eigenvalue weighted by Gasteiger charge is 2.29. The van der Waals surface area contributed by atoms with Gasteiger partial charge in [0.25, 0.3) is 0 Å². The zero-order valence-corrected chi connectivity index (χ0v) is 11.0. The molecule has 1 aromatic heterocycles.